The Hall–Kier alpha value is -4.24. The van der Waals surface area contributed by atoms with Crippen molar-refractivity contribution in [2.24, 2.45) is 16.1 Å². The van der Waals surface area contributed by atoms with Gasteiger partial charge >= 0.3 is 6.03 Å². The van der Waals surface area contributed by atoms with Crippen LogP contribution < -0.4 is 26.4 Å². The summed E-state index contributed by atoms with van der Waals surface area (Å²) in [5.74, 6) is 1.66. The van der Waals surface area contributed by atoms with E-state index in [4.69, 9.17) is 10.5 Å². The number of benzene rings is 3. The van der Waals surface area contributed by atoms with E-state index in [1.165, 1.54) is 11.8 Å². The summed E-state index contributed by atoms with van der Waals surface area (Å²) in [6.07, 6.45) is 4.65. The number of ether oxygens (including phenoxy) is 1. The number of nitrogens with two attached hydrogens (primary N) is 1. The van der Waals surface area contributed by atoms with Gasteiger partial charge in [-0.1, -0.05) is 45.0 Å². The minimum absolute atomic E-state index is 0.00609. The van der Waals surface area contributed by atoms with Crippen LogP contribution in [0, 0.1) is 5.41 Å². The predicted octanol–water partition coefficient (Wildman–Crippen LogP) is 6.83. The molecule has 3 aromatic carbocycles. The molecule has 202 valence electrons. The Morgan fingerprint density at radius 2 is 1.85 bits per heavy atom. The molecule has 3 aromatic rings. The van der Waals surface area contributed by atoms with E-state index in [1.807, 2.05) is 81.6 Å². The number of amidine groups is 1. The number of aliphatic imine (C=N–C) groups is 1. The van der Waals surface area contributed by atoms with Gasteiger partial charge in [0, 0.05) is 39.8 Å². The Balaban J connectivity index is 1.52. The van der Waals surface area contributed by atoms with E-state index >= 15 is 0 Å². The number of nitrogens with zero attached hydrogens (tertiary/aromatic N) is 1. The highest BCUT2D eigenvalue weighted by Gasteiger charge is 2.19. The number of rotatable bonds is 6. The molecule has 9 heteroatoms. The van der Waals surface area contributed by atoms with Gasteiger partial charge in [-0.3, -0.25) is 10.1 Å². The lowest BCUT2D eigenvalue weighted by molar-refractivity contribution is -0.116. The highest BCUT2D eigenvalue weighted by Crippen LogP contribution is 2.36. The number of carbonyl (C=O) groups is 2. The van der Waals surface area contributed by atoms with Gasteiger partial charge in [-0.25, -0.2) is 9.79 Å². The van der Waals surface area contributed by atoms with Crippen LogP contribution >= 0.6 is 11.8 Å². The van der Waals surface area contributed by atoms with E-state index in [9.17, 15) is 9.59 Å². The highest BCUT2D eigenvalue weighted by atomic mass is 32.2. The van der Waals surface area contributed by atoms with Crippen LogP contribution in [-0.2, 0) is 11.2 Å². The van der Waals surface area contributed by atoms with Crippen molar-refractivity contribution in [3.8, 4) is 11.5 Å². The Bertz CT molecular complexity index is 1430. The summed E-state index contributed by atoms with van der Waals surface area (Å²) in [5, 5.41) is 8.63. The lowest BCUT2D eigenvalue weighted by Gasteiger charge is -2.20. The van der Waals surface area contributed by atoms with Crippen molar-refractivity contribution in [2.75, 3.05) is 16.9 Å². The van der Waals surface area contributed by atoms with Crippen molar-refractivity contribution in [1.29, 1.82) is 0 Å². The van der Waals surface area contributed by atoms with Crippen molar-refractivity contribution in [1.82, 2.24) is 5.32 Å². The average Bonchev–Trinajstić information content (AvgIpc) is 2.89. The molecule has 1 aliphatic heterocycles. The highest BCUT2D eigenvalue weighted by molar-refractivity contribution is 7.98. The van der Waals surface area contributed by atoms with Crippen LogP contribution in [0.25, 0.3) is 0 Å². The second kappa shape index (κ2) is 12.1. The number of amides is 3. The molecule has 39 heavy (non-hydrogen) atoms. The maximum absolute atomic E-state index is 13.0. The maximum atomic E-state index is 13.0. The van der Waals surface area contributed by atoms with E-state index in [2.05, 4.69) is 20.9 Å². The summed E-state index contributed by atoms with van der Waals surface area (Å²) >= 11 is 1.49. The normalized spacial score (nSPS) is 13.8. The van der Waals surface area contributed by atoms with Crippen molar-refractivity contribution >= 4 is 46.6 Å². The van der Waals surface area contributed by atoms with Gasteiger partial charge in [-0.05, 0) is 55.1 Å². The molecule has 1 heterocycles. The van der Waals surface area contributed by atoms with Gasteiger partial charge in [0.1, 0.15) is 17.3 Å². The van der Waals surface area contributed by atoms with Gasteiger partial charge in [-0.15, -0.1) is 11.8 Å². The molecule has 0 unspecified atom stereocenters. The first-order chi connectivity index (χ1) is 18.6. The molecule has 0 fully saturated rings. The second-order valence-corrected chi connectivity index (χ2v) is 10.9. The second-order valence-electron chi connectivity index (χ2n) is 10.1. The Kier molecular flexibility index (Phi) is 8.61. The van der Waals surface area contributed by atoms with E-state index in [0.29, 0.717) is 47.2 Å². The van der Waals surface area contributed by atoms with Crippen molar-refractivity contribution in [2.45, 2.75) is 38.5 Å². The quantitative estimate of drug-likeness (QED) is 0.154. The molecule has 0 radical (unpaired) electrons. The Labute approximate surface area is 233 Å². The van der Waals surface area contributed by atoms with E-state index < -0.39 is 6.03 Å². The number of thioether (sulfide) groups is 1. The summed E-state index contributed by atoms with van der Waals surface area (Å²) in [4.78, 5) is 30.2. The number of anilines is 2. The van der Waals surface area contributed by atoms with Gasteiger partial charge in [0.2, 0.25) is 5.91 Å². The Morgan fingerprint density at radius 1 is 1.08 bits per heavy atom. The lowest BCUT2D eigenvalue weighted by atomic mass is 9.92. The first-order valence-electron chi connectivity index (χ1n) is 12.6. The molecule has 0 bridgehead atoms. The van der Waals surface area contributed by atoms with Gasteiger partial charge in [0.25, 0.3) is 0 Å². The minimum Gasteiger partial charge on any atom is -0.457 e. The molecule has 4 rings (SSSR count). The van der Waals surface area contributed by atoms with Crippen LogP contribution in [-0.4, -0.2) is 24.0 Å². The molecule has 0 spiro atoms. The monoisotopic (exact) mass is 543 g/mol. The first kappa shape index (κ1) is 27.8. The van der Waals surface area contributed by atoms with Crippen LogP contribution in [0.4, 0.5) is 21.9 Å². The molecule has 0 aromatic heterocycles. The third-order valence-corrected chi connectivity index (χ3v) is 6.84. The van der Waals surface area contributed by atoms with Crippen LogP contribution in [0.5, 0.6) is 11.5 Å². The number of hydrogen-bond donors (Lipinski definition) is 4. The SMILES string of the molecule is CSc1cc(Oc2cccc3c2CCC(=O)N3)ccc1NC(=O)NC(/C=C(\N)C(C)(C)C)=Nc1ccccc1. The number of para-hydroxylation sites is 1. The molecular formula is C30H33N5O3S. The fraction of sp³-hybridized carbons (Fsp3) is 0.233. The van der Waals surface area contributed by atoms with Gasteiger partial charge < -0.3 is 21.1 Å². The smallest absolute Gasteiger partial charge is 0.324 e. The van der Waals surface area contributed by atoms with Gasteiger partial charge in [0.15, 0.2) is 0 Å². The molecule has 0 saturated heterocycles. The molecule has 0 atom stereocenters. The molecular weight excluding hydrogens is 510 g/mol. The van der Waals surface area contributed by atoms with Crippen molar-refractivity contribution < 1.29 is 14.3 Å². The topological polar surface area (TPSA) is 118 Å². The molecule has 8 nitrogen and oxygen atoms in total. The number of hydrogen-bond acceptors (Lipinski definition) is 6. The van der Waals surface area contributed by atoms with Crippen LogP contribution in [0.15, 0.2) is 88.4 Å². The molecule has 3 amide bonds. The predicted molar refractivity (Wildman–Crippen MR) is 159 cm³/mol. The molecule has 5 N–H and O–H groups in total. The number of fused-ring (bicyclic) bond motifs is 1. The summed E-state index contributed by atoms with van der Waals surface area (Å²) < 4.78 is 6.19. The van der Waals surface area contributed by atoms with Crippen LogP contribution in [0.3, 0.4) is 0 Å². The summed E-state index contributed by atoms with van der Waals surface area (Å²) in [6.45, 7) is 5.98. The Morgan fingerprint density at radius 3 is 2.56 bits per heavy atom. The fourth-order valence-corrected chi connectivity index (χ4v) is 4.40. The zero-order valence-electron chi connectivity index (χ0n) is 22.5. The van der Waals surface area contributed by atoms with E-state index in [-0.39, 0.29) is 11.3 Å². The summed E-state index contributed by atoms with van der Waals surface area (Å²) in [7, 11) is 0. The first-order valence-corrected chi connectivity index (χ1v) is 13.8. The largest absolute Gasteiger partial charge is 0.457 e. The fourth-order valence-electron chi connectivity index (χ4n) is 3.82. The third-order valence-electron chi connectivity index (χ3n) is 6.06. The maximum Gasteiger partial charge on any atom is 0.324 e. The number of allylic oxidation sites excluding steroid dienone is 1. The summed E-state index contributed by atoms with van der Waals surface area (Å²) in [6, 6.07) is 20.0. The van der Waals surface area contributed by atoms with Crippen molar-refractivity contribution in [3.05, 3.63) is 84.1 Å². The average molecular weight is 544 g/mol. The number of urea groups is 1. The number of carbonyl (C=O) groups excluding carboxylic acids is 2. The third kappa shape index (κ3) is 7.42. The zero-order chi connectivity index (χ0) is 28.0. The van der Waals surface area contributed by atoms with Gasteiger partial charge in [0.05, 0.1) is 11.4 Å². The molecule has 1 aliphatic rings. The standard InChI is InChI=1S/C30H33N5O3S/c1-30(2,3)26(31)18-27(32-19-9-6-5-7-10-19)35-29(37)34-23-15-13-20(17-25(23)39-4)38-24-12-8-11-22-21(24)14-16-28(36)33-22/h5-13,15,17-18H,14,16,31H2,1-4H3,(H,33,36)(H2,32,34,35,37)/b26-18-. The van der Waals surface area contributed by atoms with Gasteiger partial charge in [-0.2, -0.15) is 0 Å². The summed E-state index contributed by atoms with van der Waals surface area (Å²) in [5.41, 5.74) is 9.64. The zero-order valence-corrected chi connectivity index (χ0v) is 23.3. The van der Waals surface area contributed by atoms with E-state index in [1.54, 1.807) is 18.2 Å². The molecule has 0 aliphatic carbocycles. The van der Waals surface area contributed by atoms with Crippen LogP contribution in [0.1, 0.15) is 32.8 Å². The minimum atomic E-state index is -0.445. The number of nitrogens with one attached hydrogen (secondary N) is 3. The van der Waals surface area contributed by atoms with E-state index in [0.717, 1.165) is 16.1 Å². The lowest BCUT2D eigenvalue weighted by Crippen LogP contribution is -2.34. The molecule has 0 saturated carbocycles. The van der Waals surface area contributed by atoms with Crippen LogP contribution in [0.2, 0.25) is 0 Å². The van der Waals surface area contributed by atoms with Crippen molar-refractivity contribution in [3.63, 3.8) is 0 Å².